The van der Waals surface area contributed by atoms with Crippen molar-refractivity contribution >= 4 is 5.84 Å². The Balaban J connectivity index is 1.89. The molecule has 0 aliphatic carbocycles. The van der Waals surface area contributed by atoms with Crippen molar-refractivity contribution in [3.05, 3.63) is 0 Å². The van der Waals surface area contributed by atoms with Gasteiger partial charge >= 0.3 is 0 Å². The Morgan fingerprint density at radius 2 is 2.57 bits per heavy atom. The zero-order chi connectivity index (χ0) is 5.11. The fourth-order valence-electron chi connectivity index (χ4n) is 0.421. The third-order valence-electron chi connectivity index (χ3n) is 0.895. The van der Waals surface area contributed by atoms with Gasteiger partial charge in [-0.15, -0.1) is 0 Å². The van der Waals surface area contributed by atoms with Crippen LogP contribution in [0.15, 0.2) is 4.99 Å². The maximum atomic E-state index is 3.95. The summed E-state index contributed by atoms with van der Waals surface area (Å²) in [5.74, 6) is 1.18. The molecular formula is C5H10N2. The SMILES string of the molecule is CCCNC1=NC1. The largest absolute Gasteiger partial charge is 0.372 e. The summed E-state index contributed by atoms with van der Waals surface area (Å²) in [6.45, 7) is 4.19. The van der Waals surface area contributed by atoms with Crippen LogP contribution in [0.3, 0.4) is 0 Å². The van der Waals surface area contributed by atoms with Gasteiger partial charge in [-0.3, -0.25) is 4.99 Å². The Hall–Kier alpha value is -0.530. The second-order valence-corrected chi connectivity index (χ2v) is 1.69. The number of amidine groups is 1. The van der Waals surface area contributed by atoms with Crippen molar-refractivity contribution in [2.45, 2.75) is 13.3 Å². The molecule has 1 N–H and O–H groups in total. The van der Waals surface area contributed by atoms with Crippen molar-refractivity contribution in [3.63, 3.8) is 0 Å². The van der Waals surface area contributed by atoms with E-state index in [9.17, 15) is 0 Å². The van der Waals surface area contributed by atoms with Crippen LogP contribution in [0.2, 0.25) is 0 Å². The Labute approximate surface area is 43.6 Å². The molecule has 0 saturated carbocycles. The van der Waals surface area contributed by atoms with Gasteiger partial charge in [0.2, 0.25) is 0 Å². The van der Waals surface area contributed by atoms with Gasteiger partial charge in [0.1, 0.15) is 5.84 Å². The third-order valence-corrected chi connectivity index (χ3v) is 0.895. The summed E-state index contributed by atoms with van der Waals surface area (Å²) in [7, 11) is 0. The molecule has 0 fully saturated rings. The molecule has 0 atom stereocenters. The molecule has 0 aromatic carbocycles. The maximum absolute atomic E-state index is 3.95. The summed E-state index contributed by atoms with van der Waals surface area (Å²) in [6, 6.07) is 0. The first kappa shape index (κ1) is 4.62. The van der Waals surface area contributed by atoms with Gasteiger partial charge in [0, 0.05) is 6.54 Å². The fourth-order valence-corrected chi connectivity index (χ4v) is 0.421. The van der Waals surface area contributed by atoms with E-state index in [0.717, 1.165) is 13.1 Å². The van der Waals surface area contributed by atoms with E-state index in [1.807, 2.05) is 0 Å². The van der Waals surface area contributed by atoms with Gasteiger partial charge in [0.15, 0.2) is 0 Å². The summed E-state index contributed by atoms with van der Waals surface area (Å²) in [6.07, 6.45) is 1.19. The van der Waals surface area contributed by atoms with Crippen molar-refractivity contribution in [1.29, 1.82) is 0 Å². The molecule has 0 unspecified atom stereocenters. The van der Waals surface area contributed by atoms with E-state index in [1.165, 1.54) is 12.3 Å². The van der Waals surface area contributed by atoms with E-state index in [2.05, 4.69) is 17.2 Å². The van der Waals surface area contributed by atoms with Crippen LogP contribution in [0.5, 0.6) is 0 Å². The van der Waals surface area contributed by atoms with E-state index in [0.29, 0.717) is 0 Å². The van der Waals surface area contributed by atoms with E-state index in [1.54, 1.807) is 0 Å². The number of hydrogen-bond acceptors (Lipinski definition) is 2. The van der Waals surface area contributed by atoms with Crippen LogP contribution < -0.4 is 5.32 Å². The molecule has 1 rings (SSSR count). The lowest BCUT2D eigenvalue weighted by Gasteiger charge is -1.90. The highest BCUT2D eigenvalue weighted by Gasteiger charge is 2.05. The number of rotatable bonds is 2. The first-order valence-corrected chi connectivity index (χ1v) is 2.70. The van der Waals surface area contributed by atoms with Crippen LogP contribution >= 0.6 is 0 Å². The summed E-state index contributed by atoms with van der Waals surface area (Å²) in [5.41, 5.74) is 0. The predicted octanol–water partition coefficient (Wildman–Crippen LogP) is 0.398. The summed E-state index contributed by atoms with van der Waals surface area (Å²) in [5, 5.41) is 3.16. The van der Waals surface area contributed by atoms with E-state index < -0.39 is 0 Å². The minimum absolute atomic E-state index is 0.958. The average molecular weight is 98.1 g/mol. The van der Waals surface area contributed by atoms with Gasteiger partial charge in [0.05, 0.1) is 6.54 Å². The van der Waals surface area contributed by atoms with Crippen molar-refractivity contribution in [1.82, 2.24) is 5.32 Å². The molecule has 0 saturated heterocycles. The third kappa shape index (κ3) is 1.57. The molecule has 0 radical (unpaired) electrons. The minimum atomic E-state index is 0.958. The quantitative estimate of drug-likeness (QED) is 0.531. The summed E-state index contributed by atoms with van der Waals surface area (Å²) < 4.78 is 0. The molecule has 7 heavy (non-hydrogen) atoms. The van der Waals surface area contributed by atoms with Crippen LogP contribution in [0, 0.1) is 0 Å². The molecule has 0 amide bonds. The smallest absolute Gasteiger partial charge is 0.119 e. The van der Waals surface area contributed by atoms with Gasteiger partial charge in [-0.1, -0.05) is 6.92 Å². The van der Waals surface area contributed by atoms with Crippen LogP contribution in [-0.2, 0) is 0 Å². The zero-order valence-electron chi connectivity index (χ0n) is 4.57. The first-order chi connectivity index (χ1) is 3.43. The van der Waals surface area contributed by atoms with Crippen LogP contribution in [-0.4, -0.2) is 18.9 Å². The Morgan fingerprint density at radius 3 is 3.00 bits per heavy atom. The second-order valence-electron chi connectivity index (χ2n) is 1.69. The lowest BCUT2D eigenvalue weighted by molar-refractivity contribution is 0.848. The van der Waals surface area contributed by atoms with Gasteiger partial charge in [-0.2, -0.15) is 0 Å². The Morgan fingerprint density at radius 1 is 1.86 bits per heavy atom. The molecule has 2 heteroatoms. The molecule has 0 aromatic rings. The summed E-state index contributed by atoms with van der Waals surface area (Å²) >= 11 is 0. The van der Waals surface area contributed by atoms with Crippen molar-refractivity contribution in [2.24, 2.45) is 4.99 Å². The second kappa shape index (κ2) is 1.96. The van der Waals surface area contributed by atoms with E-state index in [-0.39, 0.29) is 0 Å². The van der Waals surface area contributed by atoms with Gasteiger partial charge in [0.25, 0.3) is 0 Å². The minimum Gasteiger partial charge on any atom is -0.372 e. The maximum Gasteiger partial charge on any atom is 0.119 e. The van der Waals surface area contributed by atoms with Gasteiger partial charge in [-0.25, -0.2) is 0 Å². The van der Waals surface area contributed by atoms with Crippen molar-refractivity contribution in [2.75, 3.05) is 13.1 Å². The van der Waals surface area contributed by atoms with Crippen LogP contribution in [0.25, 0.3) is 0 Å². The molecule has 1 heterocycles. The molecule has 40 valence electrons. The van der Waals surface area contributed by atoms with Gasteiger partial charge in [-0.05, 0) is 6.42 Å². The predicted molar refractivity (Wildman–Crippen MR) is 30.6 cm³/mol. The molecule has 2 nitrogen and oxygen atoms in total. The van der Waals surface area contributed by atoms with E-state index >= 15 is 0 Å². The molecular weight excluding hydrogens is 88.1 g/mol. The van der Waals surface area contributed by atoms with E-state index in [4.69, 9.17) is 0 Å². The highest BCUT2D eigenvalue weighted by molar-refractivity contribution is 5.94. The number of nitrogens with one attached hydrogen (secondary N) is 1. The standard InChI is InChI=1S/C5H10N2/c1-2-3-6-5-4-7-5/h2-4H2,1H3,(H,6,7). The number of nitrogens with zero attached hydrogens (tertiary/aromatic N) is 1. The van der Waals surface area contributed by atoms with Crippen molar-refractivity contribution in [3.8, 4) is 0 Å². The molecule has 1 aliphatic heterocycles. The lowest BCUT2D eigenvalue weighted by Crippen LogP contribution is -2.16. The highest BCUT2D eigenvalue weighted by atomic mass is 15.1. The fraction of sp³-hybridized carbons (Fsp3) is 0.800. The normalized spacial score (nSPS) is 15.9. The number of hydrogen-bond donors (Lipinski definition) is 1. The molecule has 0 aromatic heterocycles. The molecule has 1 aliphatic rings. The zero-order valence-corrected chi connectivity index (χ0v) is 4.57. The van der Waals surface area contributed by atoms with Crippen LogP contribution in [0.1, 0.15) is 13.3 Å². The van der Waals surface area contributed by atoms with Gasteiger partial charge < -0.3 is 5.32 Å². The lowest BCUT2D eigenvalue weighted by atomic mass is 10.5. The highest BCUT2D eigenvalue weighted by Crippen LogP contribution is 1.90. The monoisotopic (exact) mass is 98.1 g/mol. The summed E-state index contributed by atoms with van der Waals surface area (Å²) in [4.78, 5) is 3.95. The molecule has 0 bridgehead atoms. The van der Waals surface area contributed by atoms with Crippen LogP contribution in [0.4, 0.5) is 0 Å². The Kier molecular flexibility index (Phi) is 1.29. The van der Waals surface area contributed by atoms with Crippen molar-refractivity contribution < 1.29 is 0 Å². The topological polar surface area (TPSA) is 24.4 Å². The first-order valence-electron chi connectivity index (χ1n) is 2.70. The molecule has 0 spiro atoms. The number of aliphatic imine (C=N–C) groups is 1. The average Bonchev–Trinajstić information content (AvgIpc) is 2.42. The Bertz CT molecular complexity index is 86.1.